The quantitative estimate of drug-likeness (QED) is 0.631. The highest BCUT2D eigenvalue weighted by molar-refractivity contribution is 5.79. The van der Waals surface area contributed by atoms with Crippen LogP contribution in [0, 0.1) is 5.82 Å². The summed E-state index contributed by atoms with van der Waals surface area (Å²) in [7, 11) is 1.77. The van der Waals surface area contributed by atoms with Gasteiger partial charge in [0.2, 0.25) is 0 Å². The number of guanidine groups is 1. The Bertz CT molecular complexity index is 548. The molecule has 2 aliphatic heterocycles. The van der Waals surface area contributed by atoms with Crippen molar-refractivity contribution in [1.82, 2.24) is 15.5 Å². The Hall–Kier alpha value is -1.66. The van der Waals surface area contributed by atoms with Gasteiger partial charge < -0.3 is 15.4 Å². The van der Waals surface area contributed by atoms with E-state index in [9.17, 15) is 4.39 Å². The maximum Gasteiger partial charge on any atom is 0.191 e. The summed E-state index contributed by atoms with van der Waals surface area (Å²) in [6, 6.07) is 7.25. The maximum absolute atomic E-state index is 12.9. The lowest BCUT2D eigenvalue weighted by atomic mass is 10.1. The van der Waals surface area contributed by atoms with Crippen LogP contribution in [0.1, 0.15) is 18.4 Å². The maximum atomic E-state index is 12.9. The molecule has 2 atom stereocenters. The number of halogens is 1. The number of fused-ring (bicyclic) bond motifs is 1. The van der Waals surface area contributed by atoms with Crippen molar-refractivity contribution in [3.8, 4) is 0 Å². The minimum atomic E-state index is -0.197. The molecular weight excluding hydrogens is 307 g/mol. The predicted octanol–water partition coefficient (Wildman–Crippen LogP) is 1.40. The first-order valence-corrected chi connectivity index (χ1v) is 8.79. The predicted molar refractivity (Wildman–Crippen MR) is 93.8 cm³/mol. The fraction of sp³-hybridized carbons (Fsp3) is 0.611. The SMILES string of the molecule is CN=C(NCCc1ccc(F)cc1)NCC1CN2CCCC2CO1. The highest BCUT2D eigenvalue weighted by atomic mass is 19.1. The van der Waals surface area contributed by atoms with Crippen molar-refractivity contribution < 1.29 is 9.13 Å². The molecule has 24 heavy (non-hydrogen) atoms. The van der Waals surface area contributed by atoms with Gasteiger partial charge in [-0.1, -0.05) is 12.1 Å². The van der Waals surface area contributed by atoms with Gasteiger partial charge in [-0.3, -0.25) is 9.89 Å². The zero-order valence-corrected chi connectivity index (χ0v) is 14.3. The van der Waals surface area contributed by atoms with E-state index in [1.807, 2.05) is 12.1 Å². The third-order valence-corrected chi connectivity index (χ3v) is 4.80. The molecule has 1 aromatic rings. The minimum absolute atomic E-state index is 0.197. The molecule has 0 saturated carbocycles. The van der Waals surface area contributed by atoms with Crippen LogP contribution in [0.3, 0.4) is 0 Å². The molecule has 0 aromatic heterocycles. The van der Waals surface area contributed by atoms with Crippen LogP contribution in [0.15, 0.2) is 29.3 Å². The van der Waals surface area contributed by atoms with Crippen LogP contribution in [0.5, 0.6) is 0 Å². The Morgan fingerprint density at radius 3 is 2.96 bits per heavy atom. The van der Waals surface area contributed by atoms with Crippen LogP contribution >= 0.6 is 0 Å². The summed E-state index contributed by atoms with van der Waals surface area (Å²) in [5.41, 5.74) is 1.11. The molecule has 0 spiro atoms. The molecule has 2 aliphatic rings. The molecule has 0 radical (unpaired) electrons. The van der Waals surface area contributed by atoms with Crippen molar-refractivity contribution in [3.05, 3.63) is 35.6 Å². The Kier molecular flexibility index (Phi) is 6.04. The van der Waals surface area contributed by atoms with E-state index in [0.717, 1.165) is 44.2 Å². The average molecular weight is 334 g/mol. The van der Waals surface area contributed by atoms with Gasteiger partial charge in [0.1, 0.15) is 5.82 Å². The third kappa shape index (κ3) is 4.68. The molecule has 0 amide bonds. The van der Waals surface area contributed by atoms with Crippen molar-refractivity contribution in [2.45, 2.75) is 31.4 Å². The van der Waals surface area contributed by atoms with E-state index in [-0.39, 0.29) is 11.9 Å². The number of morpholine rings is 1. The van der Waals surface area contributed by atoms with Gasteiger partial charge in [-0.15, -0.1) is 0 Å². The standard InChI is InChI=1S/C18H27FN4O/c1-20-18(21-9-8-14-4-6-15(19)7-5-14)22-11-17-12-23-10-2-3-16(23)13-24-17/h4-7,16-17H,2-3,8-13H2,1H3,(H2,20,21,22). The monoisotopic (exact) mass is 334 g/mol. The summed E-state index contributed by atoms with van der Waals surface area (Å²) >= 11 is 0. The van der Waals surface area contributed by atoms with Crippen molar-refractivity contribution in [2.24, 2.45) is 4.99 Å². The number of benzene rings is 1. The second-order valence-electron chi connectivity index (χ2n) is 6.50. The van der Waals surface area contributed by atoms with Crippen molar-refractivity contribution in [3.63, 3.8) is 0 Å². The van der Waals surface area contributed by atoms with Crippen molar-refractivity contribution >= 4 is 5.96 Å². The van der Waals surface area contributed by atoms with Gasteiger partial charge in [-0.25, -0.2) is 4.39 Å². The van der Waals surface area contributed by atoms with Gasteiger partial charge in [0, 0.05) is 32.7 Å². The molecule has 2 unspecified atom stereocenters. The molecule has 5 nitrogen and oxygen atoms in total. The number of rotatable bonds is 5. The fourth-order valence-corrected chi connectivity index (χ4v) is 3.42. The van der Waals surface area contributed by atoms with Gasteiger partial charge in [-0.05, 0) is 43.5 Å². The van der Waals surface area contributed by atoms with Gasteiger partial charge in [-0.2, -0.15) is 0 Å². The van der Waals surface area contributed by atoms with E-state index >= 15 is 0 Å². The molecule has 0 bridgehead atoms. The van der Waals surface area contributed by atoms with E-state index < -0.39 is 0 Å². The molecule has 2 fully saturated rings. The zero-order valence-electron chi connectivity index (χ0n) is 14.3. The Balaban J connectivity index is 1.36. The van der Waals surface area contributed by atoms with Crippen LogP contribution in [0.4, 0.5) is 4.39 Å². The summed E-state index contributed by atoms with van der Waals surface area (Å²) in [4.78, 5) is 6.79. The lowest BCUT2D eigenvalue weighted by Gasteiger charge is -2.35. The van der Waals surface area contributed by atoms with Crippen LogP contribution < -0.4 is 10.6 Å². The highest BCUT2D eigenvalue weighted by Gasteiger charge is 2.32. The van der Waals surface area contributed by atoms with Crippen molar-refractivity contribution in [1.29, 1.82) is 0 Å². The number of nitrogens with zero attached hydrogens (tertiary/aromatic N) is 2. The second kappa shape index (κ2) is 8.44. The van der Waals surface area contributed by atoms with E-state index in [2.05, 4.69) is 20.5 Å². The molecule has 2 saturated heterocycles. The number of ether oxygens (including phenoxy) is 1. The van der Waals surface area contributed by atoms with Crippen LogP contribution in [0.2, 0.25) is 0 Å². The largest absolute Gasteiger partial charge is 0.373 e. The molecule has 6 heteroatoms. The fourth-order valence-electron chi connectivity index (χ4n) is 3.42. The molecule has 132 valence electrons. The molecule has 1 aromatic carbocycles. The van der Waals surface area contributed by atoms with Crippen molar-refractivity contribution in [2.75, 3.05) is 39.8 Å². The summed E-state index contributed by atoms with van der Waals surface area (Å²) in [5, 5.41) is 6.64. The highest BCUT2D eigenvalue weighted by Crippen LogP contribution is 2.22. The number of aliphatic imine (C=N–C) groups is 1. The third-order valence-electron chi connectivity index (χ3n) is 4.80. The van der Waals surface area contributed by atoms with E-state index in [4.69, 9.17) is 4.74 Å². The average Bonchev–Trinajstić information content (AvgIpc) is 3.07. The summed E-state index contributed by atoms with van der Waals surface area (Å²) in [5.74, 6) is 0.584. The first-order chi connectivity index (χ1) is 11.7. The molecular formula is C18H27FN4O. The first-order valence-electron chi connectivity index (χ1n) is 8.79. The molecule has 0 aliphatic carbocycles. The number of hydrogen-bond donors (Lipinski definition) is 2. The van der Waals surface area contributed by atoms with Gasteiger partial charge in [0.15, 0.2) is 5.96 Å². The van der Waals surface area contributed by atoms with E-state index in [1.54, 1.807) is 7.05 Å². The molecule has 2 heterocycles. The van der Waals surface area contributed by atoms with Crippen LogP contribution in [-0.4, -0.2) is 62.8 Å². The zero-order chi connectivity index (χ0) is 16.8. The Labute approximate surface area is 143 Å². The summed E-state index contributed by atoms with van der Waals surface area (Å²) in [6.45, 7) is 4.58. The topological polar surface area (TPSA) is 48.9 Å². The van der Waals surface area contributed by atoms with Crippen LogP contribution in [-0.2, 0) is 11.2 Å². The normalized spacial score (nSPS) is 24.7. The Morgan fingerprint density at radius 2 is 2.17 bits per heavy atom. The Morgan fingerprint density at radius 1 is 1.33 bits per heavy atom. The molecule has 3 rings (SSSR count). The minimum Gasteiger partial charge on any atom is -0.373 e. The van der Waals surface area contributed by atoms with Gasteiger partial charge in [0.25, 0.3) is 0 Å². The lowest BCUT2D eigenvalue weighted by molar-refractivity contribution is -0.0453. The first kappa shape index (κ1) is 17.2. The lowest BCUT2D eigenvalue weighted by Crippen LogP contribution is -2.51. The summed E-state index contributed by atoms with van der Waals surface area (Å²) in [6.07, 6.45) is 3.61. The van der Waals surface area contributed by atoms with E-state index in [0.29, 0.717) is 6.04 Å². The van der Waals surface area contributed by atoms with Crippen LogP contribution in [0.25, 0.3) is 0 Å². The molecule has 2 N–H and O–H groups in total. The number of hydrogen-bond acceptors (Lipinski definition) is 3. The van der Waals surface area contributed by atoms with Gasteiger partial charge in [0.05, 0.1) is 12.7 Å². The van der Waals surface area contributed by atoms with E-state index in [1.165, 1.54) is 31.5 Å². The number of nitrogens with one attached hydrogen (secondary N) is 2. The summed E-state index contributed by atoms with van der Waals surface area (Å²) < 4.78 is 18.8. The smallest absolute Gasteiger partial charge is 0.191 e. The van der Waals surface area contributed by atoms with Gasteiger partial charge >= 0.3 is 0 Å². The second-order valence-corrected chi connectivity index (χ2v) is 6.50.